The van der Waals surface area contributed by atoms with E-state index in [1.165, 1.54) is 18.0 Å². The summed E-state index contributed by atoms with van der Waals surface area (Å²) in [4.78, 5) is 0. The highest BCUT2D eigenvalue weighted by Gasteiger charge is 2.13. The summed E-state index contributed by atoms with van der Waals surface area (Å²) >= 11 is 1.52. The van der Waals surface area contributed by atoms with Gasteiger partial charge in [0.25, 0.3) is 0 Å². The molecule has 5 heteroatoms. The van der Waals surface area contributed by atoms with E-state index in [-0.39, 0.29) is 0 Å². The maximum absolute atomic E-state index is 8.69. The first-order valence-electron chi connectivity index (χ1n) is 3.31. The number of hydrogen-bond donors (Lipinski definition) is 2. The summed E-state index contributed by atoms with van der Waals surface area (Å²) in [5.41, 5.74) is 0.404. The lowest BCUT2D eigenvalue weighted by atomic mass is 9.83. The normalized spacial score (nSPS) is 10.1. The SMILES string of the molecule is CCSc1cc(B(O)O)co1. The quantitative estimate of drug-likeness (QED) is 0.500. The van der Waals surface area contributed by atoms with Crippen molar-refractivity contribution >= 4 is 24.3 Å². The highest BCUT2D eigenvalue weighted by atomic mass is 32.2. The van der Waals surface area contributed by atoms with Gasteiger partial charge in [0, 0.05) is 5.46 Å². The van der Waals surface area contributed by atoms with Crippen LogP contribution in [0.4, 0.5) is 0 Å². The van der Waals surface area contributed by atoms with Crippen molar-refractivity contribution in [1.82, 2.24) is 0 Å². The van der Waals surface area contributed by atoms with Gasteiger partial charge in [-0.3, -0.25) is 0 Å². The fraction of sp³-hybridized carbons (Fsp3) is 0.333. The predicted octanol–water partition coefficient (Wildman–Crippen LogP) is 0.0714. The molecule has 0 unspecified atom stereocenters. The minimum atomic E-state index is -1.43. The first kappa shape index (κ1) is 8.71. The van der Waals surface area contributed by atoms with Crippen LogP contribution in [0.3, 0.4) is 0 Å². The molecule has 1 rings (SSSR count). The molecule has 1 heterocycles. The van der Waals surface area contributed by atoms with Crippen LogP contribution < -0.4 is 5.46 Å². The number of hydrogen-bond acceptors (Lipinski definition) is 4. The molecule has 0 radical (unpaired) electrons. The summed E-state index contributed by atoms with van der Waals surface area (Å²) in [6.45, 7) is 2.00. The molecule has 2 N–H and O–H groups in total. The van der Waals surface area contributed by atoms with Crippen LogP contribution in [0.2, 0.25) is 0 Å². The lowest BCUT2D eigenvalue weighted by Gasteiger charge is -1.88. The van der Waals surface area contributed by atoms with Gasteiger partial charge in [0.05, 0.1) is 6.26 Å². The fourth-order valence-electron chi connectivity index (χ4n) is 0.684. The Morgan fingerprint density at radius 1 is 1.64 bits per heavy atom. The summed E-state index contributed by atoms with van der Waals surface area (Å²) < 4.78 is 5.01. The summed E-state index contributed by atoms with van der Waals surface area (Å²) in [5.74, 6) is 0.911. The minimum Gasteiger partial charge on any atom is -0.459 e. The monoisotopic (exact) mass is 172 g/mol. The van der Waals surface area contributed by atoms with Gasteiger partial charge in [-0.15, -0.1) is 0 Å². The summed E-state index contributed by atoms with van der Waals surface area (Å²) in [6, 6.07) is 1.62. The van der Waals surface area contributed by atoms with Crippen molar-refractivity contribution in [3.05, 3.63) is 12.3 Å². The topological polar surface area (TPSA) is 53.6 Å². The Kier molecular flexibility index (Phi) is 3.05. The van der Waals surface area contributed by atoms with Gasteiger partial charge < -0.3 is 14.5 Å². The van der Waals surface area contributed by atoms with Crippen molar-refractivity contribution in [2.24, 2.45) is 0 Å². The van der Waals surface area contributed by atoms with Crippen LogP contribution in [0.1, 0.15) is 6.92 Å². The zero-order chi connectivity index (χ0) is 8.27. The van der Waals surface area contributed by atoms with Crippen molar-refractivity contribution in [3.63, 3.8) is 0 Å². The Hall–Kier alpha value is -0.385. The van der Waals surface area contributed by atoms with Gasteiger partial charge in [0.1, 0.15) is 0 Å². The van der Waals surface area contributed by atoms with E-state index < -0.39 is 7.12 Å². The van der Waals surface area contributed by atoms with Gasteiger partial charge in [-0.2, -0.15) is 0 Å². The van der Waals surface area contributed by atoms with Crippen LogP contribution in [0.25, 0.3) is 0 Å². The van der Waals surface area contributed by atoms with Gasteiger partial charge in [0.2, 0.25) is 0 Å². The van der Waals surface area contributed by atoms with Crippen LogP contribution in [-0.4, -0.2) is 22.9 Å². The van der Waals surface area contributed by atoms with Gasteiger partial charge >= 0.3 is 7.12 Å². The molecule has 60 valence electrons. The van der Waals surface area contributed by atoms with Crippen LogP contribution >= 0.6 is 11.8 Å². The van der Waals surface area contributed by atoms with E-state index in [4.69, 9.17) is 14.5 Å². The molecular formula is C6H9BO3S. The first-order chi connectivity index (χ1) is 5.24. The van der Waals surface area contributed by atoms with E-state index in [2.05, 4.69) is 0 Å². The molecule has 0 amide bonds. The molecule has 0 aromatic carbocycles. The average Bonchev–Trinajstić information content (AvgIpc) is 2.37. The average molecular weight is 172 g/mol. The number of thioether (sulfide) groups is 1. The summed E-state index contributed by atoms with van der Waals surface area (Å²) in [7, 11) is -1.43. The van der Waals surface area contributed by atoms with Gasteiger partial charge in [0.15, 0.2) is 5.09 Å². The Morgan fingerprint density at radius 3 is 2.82 bits per heavy atom. The van der Waals surface area contributed by atoms with Crippen LogP contribution in [0.5, 0.6) is 0 Å². The van der Waals surface area contributed by atoms with Gasteiger partial charge in [-0.05, 0) is 11.8 Å². The molecule has 11 heavy (non-hydrogen) atoms. The van der Waals surface area contributed by atoms with E-state index in [0.29, 0.717) is 5.46 Å². The molecule has 0 atom stereocenters. The Labute approximate surface area is 69.6 Å². The predicted molar refractivity (Wildman–Crippen MR) is 44.9 cm³/mol. The van der Waals surface area contributed by atoms with Gasteiger partial charge in [-0.25, -0.2) is 0 Å². The molecule has 0 saturated carbocycles. The maximum atomic E-state index is 8.69. The molecule has 0 saturated heterocycles. The summed E-state index contributed by atoms with van der Waals surface area (Å²) in [5, 5.41) is 18.1. The molecule has 0 aliphatic heterocycles. The largest absolute Gasteiger partial charge is 0.491 e. The molecular weight excluding hydrogens is 163 g/mol. The third-order valence-electron chi connectivity index (χ3n) is 1.18. The van der Waals surface area contributed by atoms with E-state index in [1.807, 2.05) is 6.92 Å². The molecule has 0 fully saturated rings. The molecule has 0 aliphatic carbocycles. The zero-order valence-corrected chi connectivity index (χ0v) is 6.97. The molecule has 1 aromatic rings. The molecule has 0 bridgehead atoms. The Balaban J connectivity index is 2.66. The zero-order valence-electron chi connectivity index (χ0n) is 6.15. The number of furan rings is 1. The number of rotatable bonds is 3. The van der Waals surface area contributed by atoms with Crippen LogP contribution in [-0.2, 0) is 0 Å². The Morgan fingerprint density at radius 2 is 2.36 bits per heavy atom. The van der Waals surface area contributed by atoms with Crippen molar-refractivity contribution in [1.29, 1.82) is 0 Å². The van der Waals surface area contributed by atoms with E-state index in [0.717, 1.165) is 10.8 Å². The Bertz CT molecular complexity index is 223. The van der Waals surface area contributed by atoms with E-state index in [1.54, 1.807) is 6.07 Å². The third kappa shape index (κ3) is 2.29. The van der Waals surface area contributed by atoms with Crippen molar-refractivity contribution in [3.8, 4) is 0 Å². The lowest BCUT2D eigenvalue weighted by Crippen LogP contribution is -2.27. The minimum absolute atomic E-state index is 0.404. The highest BCUT2D eigenvalue weighted by Crippen LogP contribution is 2.15. The van der Waals surface area contributed by atoms with E-state index in [9.17, 15) is 0 Å². The van der Waals surface area contributed by atoms with Crippen molar-refractivity contribution < 1.29 is 14.5 Å². The first-order valence-corrected chi connectivity index (χ1v) is 4.30. The van der Waals surface area contributed by atoms with E-state index >= 15 is 0 Å². The smallest absolute Gasteiger partial charge is 0.459 e. The van der Waals surface area contributed by atoms with Crippen LogP contribution in [0.15, 0.2) is 21.8 Å². The van der Waals surface area contributed by atoms with Gasteiger partial charge in [-0.1, -0.05) is 18.7 Å². The molecule has 0 aliphatic rings. The molecule has 3 nitrogen and oxygen atoms in total. The second-order valence-electron chi connectivity index (χ2n) is 2.01. The van der Waals surface area contributed by atoms with Crippen LogP contribution in [0, 0.1) is 0 Å². The van der Waals surface area contributed by atoms with Crippen molar-refractivity contribution in [2.75, 3.05) is 5.75 Å². The van der Waals surface area contributed by atoms with Crippen molar-refractivity contribution in [2.45, 2.75) is 12.0 Å². The fourth-order valence-corrected chi connectivity index (χ4v) is 1.30. The second kappa shape index (κ2) is 3.85. The second-order valence-corrected chi connectivity index (χ2v) is 3.27. The standard InChI is InChI=1S/C6H9BO3S/c1-2-11-6-3-5(4-10-6)7(8)9/h3-4,8-9H,2H2,1H3. The maximum Gasteiger partial charge on any atom is 0.491 e. The summed E-state index contributed by atoms with van der Waals surface area (Å²) in [6.07, 6.45) is 1.35. The highest BCUT2D eigenvalue weighted by molar-refractivity contribution is 7.99. The third-order valence-corrected chi connectivity index (χ3v) is 1.97. The molecule has 0 spiro atoms. The lowest BCUT2D eigenvalue weighted by molar-refractivity contribution is 0.424. The molecule has 1 aromatic heterocycles.